The molecule has 126 valence electrons. The van der Waals surface area contributed by atoms with E-state index in [1.165, 1.54) is 19.4 Å². The molecule has 0 bridgehead atoms. The Morgan fingerprint density at radius 2 is 2.05 bits per heavy atom. The van der Waals surface area contributed by atoms with Gasteiger partial charge in [-0.2, -0.15) is 13.2 Å². The molecule has 3 N–H and O–H groups in total. The standard InChI is InChI=1S/C13H21F3N4O2/c1-9(2)8-19-11(21)18-5-4-12(22,13(14,15)16)10-17-6-7-20(10)3/h6-7,9,22H,4-5,8H2,1-3H3,(H2,18,19,21). The normalized spacial score (nSPS) is 14.7. The molecule has 6 nitrogen and oxygen atoms in total. The van der Waals surface area contributed by atoms with Gasteiger partial charge in [0.2, 0.25) is 5.60 Å². The summed E-state index contributed by atoms with van der Waals surface area (Å²) in [6, 6.07) is -0.571. The third-order valence-corrected chi connectivity index (χ3v) is 3.10. The van der Waals surface area contributed by atoms with Crippen LogP contribution in [0.3, 0.4) is 0 Å². The molecule has 22 heavy (non-hydrogen) atoms. The Morgan fingerprint density at radius 3 is 2.50 bits per heavy atom. The molecule has 1 rings (SSSR count). The molecule has 0 aliphatic rings. The molecule has 1 unspecified atom stereocenters. The lowest BCUT2D eigenvalue weighted by Gasteiger charge is -2.30. The molecule has 0 fully saturated rings. The number of aliphatic hydroxyl groups is 1. The van der Waals surface area contributed by atoms with E-state index < -0.39 is 30.1 Å². The first kappa shape index (κ1) is 18.3. The van der Waals surface area contributed by atoms with E-state index in [9.17, 15) is 23.1 Å². The van der Waals surface area contributed by atoms with Gasteiger partial charge in [0.05, 0.1) is 0 Å². The van der Waals surface area contributed by atoms with Crippen LogP contribution in [0.1, 0.15) is 26.1 Å². The van der Waals surface area contributed by atoms with Crippen molar-refractivity contribution in [1.82, 2.24) is 20.2 Å². The molecule has 0 aromatic carbocycles. The number of nitrogens with one attached hydrogen (secondary N) is 2. The van der Waals surface area contributed by atoms with E-state index in [-0.39, 0.29) is 12.5 Å². The summed E-state index contributed by atoms with van der Waals surface area (Å²) in [6.07, 6.45) is -3.14. The first-order valence-corrected chi connectivity index (χ1v) is 6.86. The number of aryl methyl sites for hydroxylation is 1. The minimum atomic E-state index is -4.90. The summed E-state index contributed by atoms with van der Waals surface area (Å²) in [5, 5.41) is 14.9. The van der Waals surface area contributed by atoms with Crippen molar-refractivity contribution in [2.75, 3.05) is 13.1 Å². The molecule has 0 aliphatic heterocycles. The zero-order valence-corrected chi connectivity index (χ0v) is 12.7. The van der Waals surface area contributed by atoms with E-state index in [2.05, 4.69) is 15.6 Å². The molecule has 1 atom stereocenters. The Balaban J connectivity index is 2.69. The number of carbonyl (C=O) groups excluding carboxylic acids is 1. The van der Waals surface area contributed by atoms with Gasteiger partial charge in [0.15, 0.2) is 0 Å². The fourth-order valence-electron chi connectivity index (χ4n) is 1.86. The first-order valence-electron chi connectivity index (χ1n) is 6.86. The molecule has 0 spiro atoms. The van der Waals surface area contributed by atoms with Crippen LogP contribution in [0.25, 0.3) is 0 Å². The van der Waals surface area contributed by atoms with Crippen molar-refractivity contribution in [3.8, 4) is 0 Å². The zero-order chi connectivity index (χ0) is 17.0. The topological polar surface area (TPSA) is 79.2 Å². The van der Waals surface area contributed by atoms with Crippen LogP contribution >= 0.6 is 0 Å². The Bertz CT molecular complexity index is 502. The predicted octanol–water partition coefficient (Wildman–Crippen LogP) is 1.52. The van der Waals surface area contributed by atoms with Gasteiger partial charge in [0.25, 0.3) is 0 Å². The average Bonchev–Trinajstić information content (AvgIpc) is 2.81. The van der Waals surface area contributed by atoms with Gasteiger partial charge < -0.3 is 20.3 Å². The summed E-state index contributed by atoms with van der Waals surface area (Å²) in [4.78, 5) is 15.0. The minimum absolute atomic E-state index is 0.227. The number of hydrogen-bond acceptors (Lipinski definition) is 3. The molecule has 2 amide bonds. The number of halogens is 3. The van der Waals surface area contributed by atoms with E-state index in [4.69, 9.17) is 0 Å². The highest BCUT2D eigenvalue weighted by Crippen LogP contribution is 2.40. The quantitative estimate of drug-likeness (QED) is 0.743. The van der Waals surface area contributed by atoms with E-state index in [0.717, 1.165) is 4.57 Å². The molecular formula is C13H21F3N4O2. The highest BCUT2D eigenvalue weighted by Gasteiger charge is 2.57. The molecule has 0 radical (unpaired) electrons. The summed E-state index contributed by atoms with van der Waals surface area (Å²) in [6.45, 7) is 3.86. The molecule has 0 saturated heterocycles. The van der Waals surface area contributed by atoms with Crippen molar-refractivity contribution in [3.05, 3.63) is 18.2 Å². The van der Waals surface area contributed by atoms with Gasteiger partial charge in [0.1, 0.15) is 5.82 Å². The number of amides is 2. The Labute approximate surface area is 126 Å². The van der Waals surface area contributed by atoms with E-state index in [0.29, 0.717) is 6.54 Å². The maximum absolute atomic E-state index is 13.2. The van der Waals surface area contributed by atoms with Crippen molar-refractivity contribution in [1.29, 1.82) is 0 Å². The van der Waals surface area contributed by atoms with Crippen LogP contribution in [-0.2, 0) is 12.6 Å². The average molecular weight is 322 g/mol. The maximum Gasteiger partial charge on any atom is 0.424 e. The maximum atomic E-state index is 13.2. The Morgan fingerprint density at radius 1 is 1.41 bits per heavy atom. The fourth-order valence-corrected chi connectivity index (χ4v) is 1.86. The number of imidazole rings is 1. The van der Waals surface area contributed by atoms with Crippen LogP contribution in [0.15, 0.2) is 12.4 Å². The lowest BCUT2D eigenvalue weighted by atomic mass is 9.97. The fraction of sp³-hybridized carbons (Fsp3) is 0.692. The van der Waals surface area contributed by atoms with Crippen molar-refractivity contribution >= 4 is 6.03 Å². The molecule has 1 aromatic rings. The van der Waals surface area contributed by atoms with Crippen LogP contribution in [0.2, 0.25) is 0 Å². The monoisotopic (exact) mass is 322 g/mol. The van der Waals surface area contributed by atoms with Gasteiger partial charge in [-0.1, -0.05) is 13.8 Å². The van der Waals surface area contributed by atoms with Crippen LogP contribution in [0.4, 0.5) is 18.0 Å². The molecular weight excluding hydrogens is 301 g/mol. The second kappa shape index (κ2) is 6.99. The highest BCUT2D eigenvalue weighted by molar-refractivity contribution is 5.73. The molecule has 9 heteroatoms. The number of aromatic nitrogens is 2. The van der Waals surface area contributed by atoms with Gasteiger partial charge in [-0.05, 0) is 5.92 Å². The molecule has 1 aromatic heterocycles. The van der Waals surface area contributed by atoms with E-state index >= 15 is 0 Å². The number of nitrogens with zero attached hydrogens (tertiary/aromatic N) is 2. The molecule has 0 saturated carbocycles. The third kappa shape index (κ3) is 4.36. The summed E-state index contributed by atoms with van der Waals surface area (Å²) in [7, 11) is 1.36. The number of carbonyl (C=O) groups is 1. The predicted molar refractivity (Wildman–Crippen MR) is 74.0 cm³/mol. The SMILES string of the molecule is CC(C)CNC(=O)NCCC(O)(c1nccn1C)C(F)(F)F. The largest absolute Gasteiger partial charge is 0.424 e. The summed E-state index contributed by atoms with van der Waals surface area (Å²) in [5.74, 6) is -0.283. The van der Waals surface area contributed by atoms with E-state index in [1.54, 1.807) is 0 Å². The van der Waals surface area contributed by atoms with Crippen LogP contribution in [0.5, 0.6) is 0 Å². The van der Waals surface area contributed by atoms with Crippen LogP contribution in [-0.4, -0.2) is 40.0 Å². The summed E-state index contributed by atoms with van der Waals surface area (Å²) in [5.41, 5.74) is -3.11. The van der Waals surface area contributed by atoms with E-state index in [1.807, 2.05) is 13.8 Å². The van der Waals surface area contributed by atoms with Crippen molar-refractivity contribution < 1.29 is 23.1 Å². The van der Waals surface area contributed by atoms with Crippen LogP contribution in [0, 0.1) is 5.92 Å². The smallest absolute Gasteiger partial charge is 0.374 e. The van der Waals surface area contributed by atoms with Gasteiger partial charge in [-0.15, -0.1) is 0 Å². The molecule has 1 heterocycles. The summed E-state index contributed by atoms with van der Waals surface area (Å²) < 4.78 is 40.7. The van der Waals surface area contributed by atoms with Crippen molar-refractivity contribution in [2.45, 2.75) is 32.0 Å². The first-order chi connectivity index (χ1) is 10.1. The van der Waals surface area contributed by atoms with Crippen molar-refractivity contribution in [2.24, 2.45) is 13.0 Å². The second-order valence-corrected chi connectivity index (χ2v) is 5.50. The van der Waals surface area contributed by atoms with Gasteiger partial charge >= 0.3 is 12.2 Å². The van der Waals surface area contributed by atoms with Gasteiger partial charge in [-0.3, -0.25) is 0 Å². The number of alkyl halides is 3. The third-order valence-electron chi connectivity index (χ3n) is 3.10. The Kier molecular flexibility index (Phi) is 5.81. The van der Waals surface area contributed by atoms with Gasteiger partial charge in [-0.25, -0.2) is 9.78 Å². The number of rotatable bonds is 6. The number of hydrogen-bond donors (Lipinski definition) is 3. The van der Waals surface area contributed by atoms with Gasteiger partial charge in [0, 0.05) is 39.0 Å². The molecule has 0 aliphatic carbocycles. The van der Waals surface area contributed by atoms with Crippen molar-refractivity contribution in [3.63, 3.8) is 0 Å². The zero-order valence-electron chi connectivity index (χ0n) is 12.7. The lowest BCUT2D eigenvalue weighted by molar-refractivity contribution is -0.272. The summed E-state index contributed by atoms with van der Waals surface area (Å²) >= 11 is 0. The van der Waals surface area contributed by atoms with Crippen LogP contribution < -0.4 is 10.6 Å². The highest BCUT2D eigenvalue weighted by atomic mass is 19.4. The Hall–Kier alpha value is -1.77. The number of urea groups is 1. The lowest BCUT2D eigenvalue weighted by Crippen LogP contribution is -2.47. The second-order valence-electron chi connectivity index (χ2n) is 5.50. The minimum Gasteiger partial charge on any atom is -0.374 e.